The van der Waals surface area contributed by atoms with E-state index in [2.05, 4.69) is 20.5 Å². The summed E-state index contributed by atoms with van der Waals surface area (Å²) in [6, 6.07) is 9.94. The fraction of sp³-hybridized carbons (Fsp3) is 0.619. The van der Waals surface area contributed by atoms with Gasteiger partial charge in [-0.3, -0.25) is 4.99 Å². The number of aliphatic hydroxyl groups is 1. The number of rotatable bonds is 6. The molecule has 1 saturated heterocycles. The Balaban J connectivity index is 1.87. The van der Waals surface area contributed by atoms with Crippen LogP contribution in [0.2, 0.25) is 0 Å². The topological polar surface area (TPSA) is 86.2 Å². The number of aliphatic imine (C=N–C) groups is 1. The van der Waals surface area contributed by atoms with Gasteiger partial charge in [0.15, 0.2) is 5.96 Å². The second-order valence-electron chi connectivity index (χ2n) is 8.12. The standard InChI is InChI=1S/C21H34N4O3/c1-5-22-19(23-14-18(26)13-16-9-7-6-8-10-16)25-12-11-17(15-25)24-20(27)28-21(2,3)4/h6-10,17-18,26H,5,11-15H2,1-4H3,(H,22,23)(H,24,27). The van der Waals surface area contributed by atoms with Gasteiger partial charge in [-0.25, -0.2) is 4.79 Å². The van der Waals surface area contributed by atoms with Crippen LogP contribution < -0.4 is 10.6 Å². The predicted octanol–water partition coefficient (Wildman–Crippen LogP) is 2.15. The van der Waals surface area contributed by atoms with Crippen LogP contribution in [0.4, 0.5) is 4.79 Å². The van der Waals surface area contributed by atoms with Gasteiger partial charge in [0, 0.05) is 26.1 Å². The molecule has 1 aliphatic rings. The third kappa shape index (κ3) is 7.76. The number of benzene rings is 1. The number of likely N-dealkylation sites (tertiary alicyclic amines) is 1. The van der Waals surface area contributed by atoms with Gasteiger partial charge in [-0.05, 0) is 39.7 Å². The molecule has 0 aromatic heterocycles. The number of ether oxygens (including phenoxy) is 1. The lowest BCUT2D eigenvalue weighted by atomic mass is 10.1. The maximum Gasteiger partial charge on any atom is 0.407 e. The van der Waals surface area contributed by atoms with E-state index in [1.165, 1.54) is 0 Å². The quantitative estimate of drug-likeness (QED) is 0.512. The average Bonchev–Trinajstić information content (AvgIpc) is 3.06. The van der Waals surface area contributed by atoms with E-state index in [9.17, 15) is 9.90 Å². The number of carbonyl (C=O) groups is 1. The van der Waals surface area contributed by atoms with Crippen LogP contribution >= 0.6 is 0 Å². The average molecular weight is 391 g/mol. The first-order valence-electron chi connectivity index (χ1n) is 10.0. The molecular formula is C21H34N4O3. The minimum Gasteiger partial charge on any atom is -0.444 e. The zero-order chi connectivity index (χ0) is 20.6. The van der Waals surface area contributed by atoms with Crippen molar-refractivity contribution in [3.05, 3.63) is 35.9 Å². The number of guanidine groups is 1. The maximum atomic E-state index is 12.0. The van der Waals surface area contributed by atoms with Crippen molar-refractivity contribution in [2.45, 2.75) is 58.3 Å². The van der Waals surface area contributed by atoms with Gasteiger partial charge < -0.3 is 25.4 Å². The van der Waals surface area contributed by atoms with E-state index in [4.69, 9.17) is 4.74 Å². The van der Waals surface area contributed by atoms with Crippen LogP contribution in [-0.4, -0.2) is 66.0 Å². The van der Waals surface area contributed by atoms with E-state index < -0.39 is 11.7 Å². The Bertz CT molecular complexity index is 643. The van der Waals surface area contributed by atoms with Crippen molar-refractivity contribution in [1.29, 1.82) is 0 Å². The van der Waals surface area contributed by atoms with Gasteiger partial charge in [0.05, 0.1) is 18.7 Å². The van der Waals surface area contributed by atoms with Crippen molar-refractivity contribution >= 4 is 12.1 Å². The monoisotopic (exact) mass is 390 g/mol. The largest absolute Gasteiger partial charge is 0.444 e. The molecule has 1 aromatic carbocycles. The summed E-state index contributed by atoms with van der Waals surface area (Å²) < 4.78 is 5.33. The van der Waals surface area contributed by atoms with Crippen molar-refractivity contribution in [1.82, 2.24) is 15.5 Å². The molecule has 0 bridgehead atoms. The summed E-state index contributed by atoms with van der Waals surface area (Å²) in [4.78, 5) is 18.7. The van der Waals surface area contributed by atoms with Gasteiger partial charge in [-0.1, -0.05) is 30.3 Å². The van der Waals surface area contributed by atoms with Crippen LogP contribution in [0.15, 0.2) is 35.3 Å². The number of alkyl carbamates (subject to hydrolysis) is 1. The van der Waals surface area contributed by atoms with Crippen molar-refractivity contribution in [3.8, 4) is 0 Å². The highest BCUT2D eigenvalue weighted by Crippen LogP contribution is 2.12. The van der Waals surface area contributed by atoms with Gasteiger partial charge in [-0.15, -0.1) is 0 Å². The first-order valence-corrected chi connectivity index (χ1v) is 10.0. The van der Waals surface area contributed by atoms with Crippen molar-refractivity contribution in [3.63, 3.8) is 0 Å². The van der Waals surface area contributed by atoms with Gasteiger partial charge >= 0.3 is 6.09 Å². The Morgan fingerprint density at radius 1 is 1.36 bits per heavy atom. The zero-order valence-electron chi connectivity index (χ0n) is 17.4. The summed E-state index contributed by atoms with van der Waals surface area (Å²) in [6.45, 7) is 10.1. The third-order valence-electron chi connectivity index (χ3n) is 4.31. The molecule has 2 unspecified atom stereocenters. The molecule has 0 radical (unpaired) electrons. The molecule has 1 heterocycles. The molecule has 0 saturated carbocycles. The molecule has 28 heavy (non-hydrogen) atoms. The van der Waals surface area contributed by atoms with Crippen molar-refractivity contribution in [2.75, 3.05) is 26.2 Å². The lowest BCUT2D eigenvalue weighted by Crippen LogP contribution is -2.44. The molecule has 7 heteroatoms. The van der Waals surface area contributed by atoms with Gasteiger partial charge in [-0.2, -0.15) is 0 Å². The number of nitrogens with one attached hydrogen (secondary N) is 2. The summed E-state index contributed by atoms with van der Waals surface area (Å²) in [6.07, 6.45) is 0.483. The maximum absolute atomic E-state index is 12.0. The van der Waals surface area contributed by atoms with Crippen molar-refractivity contribution < 1.29 is 14.6 Å². The first kappa shape index (κ1) is 22.0. The van der Waals surface area contributed by atoms with Gasteiger partial charge in [0.25, 0.3) is 0 Å². The van der Waals surface area contributed by atoms with Crippen LogP contribution in [0.1, 0.15) is 39.7 Å². The molecule has 1 aromatic rings. The Morgan fingerprint density at radius 2 is 2.07 bits per heavy atom. The van der Waals surface area contributed by atoms with Gasteiger partial charge in [0.1, 0.15) is 5.60 Å². The Labute approximate surface area is 168 Å². The van der Waals surface area contributed by atoms with Crippen molar-refractivity contribution in [2.24, 2.45) is 4.99 Å². The number of hydrogen-bond acceptors (Lipinski definition) is 4. The third-order valence-corrected chi connectivity index (χ3v) is 4.31. The van der Waals surface area contributed by atoms with Crippen LogP contribution in [0, 0.1) is 0 Å². The number of aliphatic hydroxyl groups excluding tert-OH is 1. The highest BCUT2D eigenvalue weighted by atomic mass is 16.6. The second kappa shape index (κ2) is 10.3. The first-order chi connectivity index (χ1) is 13.3. The van der Waals surface area contributed by atoms with Crippen LogP contribution in [0.5, 0.6) is 0 Å². The highest BCUT2D eigenvalue weighted by molar-refractivity contribution is 5.80. The number of nitrogens with zero attached hydrogens (tertiary/aromatic N) is 2. The Morgan fingerprint density at radius 3 is 2.71 bits per heavy atom. The fourth-order valence-electron chi connectivity index (χ4n) is 3.11. The molecule has 3 N–H and O–H groups in total. The molecule has 1 amide bonds. The summed E-state index contributed by atoms with van der Waals surface area (Å²) in [5.41, 5.74) is 0.589. The SMILES string of the molecule is CCNC(=NCC(O)Cc1ccccc1)N1CCC(NC(=O)OC(C)(C)C)C1. The Hall–Kier alpha value is -2.28. The van der Waals surface area contributed by atoms with E-state index in [-0.39, 0.29) is 12.1 Å². The van der Waals surface area contributed by atoms with Crippen LogP contribution in [0.3, 0.4) is 0 Å². The minimum absolute atomic E-state index is 0.0212. The van der Waals surface area contributed by atoms with Crippen LogP contribution in [-0.2, 0) is 11.2 Å². The molecular weight excluding hydrogens is 356 g/mol. The lowest BCUT2D eigenvalue weighted by Gasteiger charge is -2.23. The zero-order valence-corrected chi connectivity index (χ0v) is 17.4. The molecule has 1 fully saturated rings. The highest BCUT2D eigenvalue weighted by Gasteiger charge is 2.28. The molecule has 0 aliphatic carbocycles. The number of hydrogen-bond donors (Lipinski definition) is 3. The summed E-state index contributed by atoms with van der Waals surface area (Å²) in [5.74, 6) is 0.767. The normalized spacial score (nSPS) is 18.7. The minimum atomic E-state index is -0.533. The molecule has 2 atom stereocenters. The molecule has 0 spiro atoms. The summed E-state index contributed by atoms with van der Waals surface area (Å²) >= 11 is 0. The smallest absolute Gasteiger partial charge is 0.407 e. The predicted molar refractivity (Wildman–Crippen MR) is 111 cm³/mol. The Kier molecular flexibility index (Phi) is 8.11. The van der Waals surface area contributed by atoms with E-state index in [1.807, 2.05) is 58.0 Å². The van der Waals surface area contributed by atoms with Gasteiger partial charge in [0.2, 0.25) is 0 Å². The number of amides is 1. The van der Waals surface area contributed by atoms with E-state index >= 15 is 0 Å². The molecule has 2 rings (SSSR count). The van der Waals surface area contributed by atoms with Crippen LogP contribution in [0.25, 0.3) is 0 Å². The summed E-state index contributed by atoms with van der Waals surface area (Å²) in [5, 5.41) is 16.5. The fourth-order valence-corrected chi connectivity index (χ4v) is 3.11. The lowest BCUT2D eigenvalue weighted by molar-refractivity contribution is 0.0507. The number of carbonyl (C=O) groups excluding carboxylic acids is 1. The summed E-state index contributed by atoms with van der Waals surface area (Å²) in [7, 11) is 0. The molecule has 156 valence electrons. The van der Waals surface area contributed by atoms with E-state index in [0.29, 0.717) is 19.5 Å². The molecule has 7 nitrogen and oxygen atoms in total. The van der Waals surface area contributed by atoms with E-state index in [1.54, 1.807) is 0 Å². The molecule has 1 aliphatic heterocycles. The second-order valence-corrected chi connectivity index (χ2v) is 8.12. The van der Waals surface area contributed by atoms with E-state index in [0.717, 1.165) is 31.0 Å².